The number of ether oxygens (including phenoxy) is 2. The standard InChI is InChI=1S/C14H15BrN2O5/c1-14(2)21-12-10(7-15)16(18)11(13(12)22-14)8-4-3-5-9(6-8)17(19)20/h3-6,10,12-13H,7H2,1-2H3/t10-,12+,13-/m0/s1. The van der Waals surface area contributed by atoms with E-state index in [1.54, 1.807) is 26.0 Å². The molecule has 0 amide bonds. The molecule has 0 bridgehead atoms. The van der Waals surface area contributed by atoms with Gasteiger partial charge >= 0.3 is 0 Å². The van der Waals surface area contributed by atoms with Crippen LogP contribution in [0.3, 0.4) is 0 Å². The van der Waals surface area contributed by atoms with Crippen molar-refractivity contribution in [2.24, 2.45) is 0 Å². The van der Waals surface area contributed by atoms with E-state index in [2.05, 4.69) is 15.9 Å². The number of hydrogen-bond donors (Lipinski definition) is 0. The van der Waals surface area contributed by atoms with Crippen molar-refractivity contribution in [3.05, 3.63) is 45.2 Å². The van der Waals surface area contributed by atoms with Gasteiger partial charge in [0.25, 0.3) is 5.69 Å². The van der Waals surface area contributed by atoms with E-state index in [9.17, 15) is 15.3 Å². The van der Waals surface area contributed by atoms with Crippen molar-refractivity contribution in [1.29, 1.82) is 0 Å². The molecule has 0 N–H and O–H groups in total. The number of benzene rings is 1. The van der Waals surface area contributed by atoms with Crippen LogP contribution >= 0.6 is 15.9 Å². The fraction of sp³-hybridized carbons (Fsp3) is 0.500. The molecule has 8 heteroatoms. The monoisotopic (exact) mass is 370 g/mol. The fourth-order valence-electron chi connectivity index (χ4n) is 2.94. The number of nitrogens with zero attached hydrogens (tertiary/aromatic N) is 2. The van der Waals surface area contributed by atoms with Crippen LogP contribution in [0.25, 0.3) is 0 Å². The summed E-state index contributed by atoms with van der Waals surface area (Å²) in [6.45, 7) is 3.58. The second-order valence-corrected chi connectivity index (χ2v) is 6.41. The zero-order chi connectivity index (χ0) is 16.1. The van der Waals surface area contributed by atoms with Gasteiger partial charge in [-0.2, -0.15) is 4.74 Å². The van der Waals surface area contributed by atoms with Gasteiger partial charge in [-0.1, -0.05) is 22.0 Å². The van der Waals surface area contributed by atoms with Gasteiger partial charge in [-0.25, -0.2) is 0 Å². The summed E-state index contributed by atoms with van der Waals surface area (Å²) in [6.07, 6.45) is -0.932. The molecular weight excluding hydrogens is 356 g/mol. The number of halogens is 1. The van der Waals surface area contributed by atoms with Gasteiger partial charge in [-0.3, -0.25) is 10.1 Å². The number of nitro groups is 1. The summed E-state index contributed by atoms with van der Waals surface area (Å²) in [5, 5.41) is 23.9. The Hall–Kier alpha value is -1.51. The summed E-state index contributed by atoms with van der Waals surface area (Å²) < 4.78 is 12.5. The first-order chi connectivity index (χ1) is 10.3. The molecule has 22 heavy (non-hydrogen) atoms. The van der Waals surface area contributed by atoms with Gasteiger partial charge in [0.05, 0.1) is 15.8 Å². The fourth-order valence-corrected chi connectivity index (χ4v) is 3.57. The quantitative estimate of drug-likeness (QED) is 0.267. The lowest BCUT2D eigenvalue weighted by atomic mass is 10.0. The van der Waals surface area contributed by atoms with Gasteiger partial charge in [0.1, 0.15) is 0 Å². The minimum absolute atomic E-state index is 0.0598. The number of rotatable bonds is 3. The third kappa shape index (κ3) is 2.41. The maximum Gasteiger partial charge on any atom is 0.270 e. The molecule has 0 saturated carbocycles. The van der Waals surface area contributed by atoms with Crippen molar-refractivity contribution >= 4 is 27.3 Å². The van der Waals surface area contributed by atoms with E-state index in [4.69, 9.17) is 9.47 Å². The molecule has 0 spiro atoms. The van der Waals surface area contributed by atoms with Gasteiger partial charge < -0.3 is 14.7 Å². The van der Waals surface area contributed by atoms with Crippen molar-refractivity contribution in [1.82, 2.24) is 0 Å². The topological polar surface area (TPSA) is 87.7 Å². The lowest BCUT2D eigenvalue weighted by Crippen LogP contribution is -2.35. The van der Waals surface area contributed by atoms with E-state index in [0.717, 1.165) is 4.74 Å². The van der Waals surface area contributed by atoms with Crippen LogP contribution in [0.1, 0.15) is 19.4 Å². The van der Waals surface area contributed by atoms with Crippen LogP contribution in [0, 0.1) is 15.3 Å². The predicted molar refractivity (Wildman–Crippen MR) is 82.2 cm³/mol. The molecule has 7 nitrogen and oxygen atoms in total. The molecule has 2 aliphatic heterocycles. The van der Waals surface area contributed by atoms with E-state index in [1.807, 2.05) is 0 Å². The molecule has 1 aromatic carbocycles. The highest BCUT2D eigenvalue weighted by Crippen LogP contribution is 2.37. The van der Waals surface area contributed by atoms with Crippen molar-refractivity contribution < 1.29 is 19.1 Å². The number of non-ortho nitro benzene ring substituents is 1. The molecule has 2 heterocycles. The van der Waals surface area contributed by atoms with Crippen LogP contribution in [0.15, 0.2) is 24.3 Å². The molecule has 1 saturated heterocycles. The van der Waals surface area contributed by atoms with Gasteiger partial charge in [-0.05, 0) is 19.9 Å². The molecule has 0 aliphatic carbocycles. The van der Waals surface area contributed by atoms with Crippen LogP contribution in [0.4, 0.5) is 5.69 Å². The summed E-state index contributed by atoms with van der Waals surface area (Å²) in [5.74, 6) is -0.789. The largest absolute Gasteiger partial charge is 0.623 e. The molecule has 1 aromatic rings. The highest BCUT2D eigenvalue weighted by atomic mass is 79.9. The molecule has 0 aromatic heterocycles. The van der Waals surface area contributed by atoms with Crippen LogP contribution < -0.4 is 0 Å². The van der Waals surface area contributed by atoms with Crippen molar-refractivity contribution in [2.45, 2.75) is 37.9 Å². The van der Waals surface area contributed by atoms with E-state index < -0.39 is 29.0 Å². The molecule has 0 radical (unpaired) electrons. The molecular formula is C14H15BrN2O5. The molecule has 2 aliphatic rings. The van der Waals surface area contributed by atoms with Gasteiger partial charge in [0.15, 0.2) is 18.0 Å². The maximum atomic E-state index is 12.6. The molecule has 3 rings (SSSR count). The van der Waals surface area contributed by atoms with E-state index in [-0.39, 0.29) is 5.69 Å². The van der Waals surface area contributed by atoms with Gasteiger partial charge in [0.2, 0.25) is 11.8 Å². The van der Waals surface area contributed by atoms with Gasteiger partial charge in [0, 0.05) is 12.1 Å². The zero-order valence-corrected chi connectivity index (χ0v) is 13.6. The lowest BCUT2D eigenvalue weighted by molar-refractivity contribution is -0.498. The first kappa shape index (κ1) is 15.4. The normalized spacial score (nSPS) is 29.7. The Morgan fingerprint density at radius 3 is 2.77 bits per heavy atom. The molecule has 118 valence electrons. The summed E-state index contributed by atoms with van der Waals surface area (Å²) in [5.41, 5.74) is 0.808. The first-order valence-corrected chi connectivity index (χ1v) is 7.96. The Bertz CT molecular complexity index is 660. The summed E-state index contributed by atoms with van der Waals surface area (Å²) in [4.78, 5) is 10.5. The third-order valence-corrected chi connectivity index (χ3v) is 4.49. The van der Waals surface area contributed by atoms with Crippen LogP contribution in [0.2, 0.25) is 0 Å². The van der Waals surface area contributed by atoms with Crippen LogP contribution in [-0.4, -0.2) is 44.7 Å². The molecule has 1 fully saturated rings. The number of hydroxylamine groups is 1. The summed E-state index contributed by atoms with van der Waals surface area (Å²) in [6, 6.07) is 5.59. The second-order valence-electron chi connectivity index (χ2n) is 5.76. The second kappa shape index (κ2) is 5.29. The average Bonchev–Trinajstić information content (AvgIpc) is 2.87. The minimum atomic E-state index is -0.789. The Morgan fingerprint density at radius 1 is 1.41 bits per heavy atom. The van der Waals surface area contributed by atoms with Crippen molar-refractivity contribution in [2.75, 3.05) is 5.33 Å². The summed E-state index contributed by atoms with van der Waals surface area (Å²) in [7, 11) is 0. The first-order valence-electron chi connectivity index (χ1n) is 6.84. The Labute approximate surface area is 135 Å². The molecule has 0 unspecified atom stereocenters. The smallest absolute Gasteiger partial charge is 0.270 e. The highest BCUT2D eigenvalue weighted by Gasteiger charge is 2.58. The lowest BCUT2D eigenvalue weighted by Gasteiger charge is -2.21. The minimum Gasteiger partial charge on any atom is -0.623 e. The van der Waals surface area contributed by atoms with Crippen LogP contribution in [-0.2, 0) is 9.47 Å². The predicted octanol–water partition coefficient (Wildman–Crippen LogP) is 2.19. The number of hydrogen-bond acceptors (Lipinski definition) is 5. The highest BCUT2D eigenvalue weighted by molar-refractivity contribution is 9.09. The van der Waals surface area contributed by atoms with Crippen LogP contribution in [0.5, 0.6) is 0 Å². The van der Waals surface area contributed by atoms with Crippen molar-refractivity contribution in [3.63, 3.8) is 0 Å². The summed E-state index contributed by atoms with van der Waals surface area (Å²) >= 11 is 3.33. The number of alkyl halides is 1. The maximum absolute atomic E-state index is 12.6. The zero-order valence-electron chi connectivity index (χ0n) is 12.1. The van der Waals surface area contributed by atoms with Gasteiger partial charge in [-0.15, -0.1) is 0 Å². The van der Waals surface area contributed by atoms with E-state index in [1.165, 1.54) is 12.1 Å². The Balaban J connectivity index is 2.06. The number of fused-ring (bicyclic) bond motifs is 1. The number of nitro benzene ring substituents is 1. The van der Waals surface area contributed by atoms with Crippen molar-refractivity contribution in [3.8, 4) is 0 Å². The van der Waals surface area contributed by atoms with E-state index >= 15 is 0 Å². The SMILES string of the molecule is CC1(C)O[C@H]2[C@@H](O1)C(c1cccc([N+](=O)[O-])c1)=[N+]([O-])[C@H]2CBr. The molecule has 3 atom stereocenters. The third-order valence-electron chi connectivity index (χ3n) is 3.83. The van der Waals surface area contributed by atoms with E-state index in [0.29, 0.717) is 16.6 Å². The Morgan fingerprint density at radius 2 is 2.14 bits per heavy atom. The Kier molecular flexibility index (Phi) is 3.70. The average molecular weight is 371 g/mol.